The number of nitrogens with zero attached hydrogens (tertiary/aromatic N) is 4. The molecule has 0 atom stereocenters. The van der Waals surface area contributed by atoms with Crippen LogP contribution >= 0.6 is 0 Å². The van der Waals surface area contributed by atoms with Gasteiger partial charge < -0.3 is 15.1 Å². The van der Waals surface area contributed by atoms with Crippen LogP contribution in [0.2, 0.25) is 0 Å². The maximum Gasteiger partial charge on any atom is 0.146 e. The molecule has 1 fully saturated rings. The molecule has 1 aromatic heterocycles. The second kappa shape index (κ2) is 9.37. The van der Waals surface area contributed by atoms with Crippen molar-refractivity contribution in [3.63, 3.8) is 0 Å². The smallest absolute Gasteiger partial charge is 0.146 e. The minimum atomic E-state index is -0.162. The standard InChI is InChI=1S/C23H26FN5/c24-20-10-4-5-11-21(20)28-13-15-29(16-14-28)23-17-22(26-18-27-23)25-12-6-9-19-7-2-1-3-8-19/h1-5,7-8,10-11,17-18H,6,9,12-16H2,(H,25,26,27). The Morgan fingerprint density at radius 2 is 1.59 bits per heavy atom. The molecular weight excluding hydrogens is 365 g/mol. The van der Waals surface area contributed by atoms with E-state index in [9.17, 15) is 4.39 Å². The lowest BCUT2D eigenvalue weighted by atomic mass is 10.1. The molecule has 150 valence electrons. The number of hydrogen-bond acceptors (Lipinski definition) is 5. The van der Waals surface area contributed by atoms with Crippen molar-refractivity contribution in [1.82, 2.24) is 9.97 Å². The van der Waals surface area contributed by atoms with Crippen molar-refractivity contribution in [2.24, 2.45) is 0 Å². The van der Waals surface area contributed by atoms with Crippen LogP contribution in [0.15, 0.2) is 67.0 Å². The minimum absolute atomic E-state index is 0.162. The summed E-state index contributed by atoms with van der Waals surface area (Å²) in [5.74, 6) is 1.60. The van der Waals surface area contributed by atoms with Gasteiger partial charge in [0.25, 0.3) is 0 Å². The molecule has 29 heavy (non-hydrogen) atoms. The molecule has 5 nitrogen and oxygen atoms in total. The van der Waals surface area contributed by atoms with E-state index in [1.54, 1.807) is 12.4 Å². The summed E-state index contributed by atoms with van der Waals surface area (Å²) in [7, 11) is 0. The van der Waals surface area contributed by atoms with Gasteiger partial charge in [-0.25, -0.2) is 14.4 Å². The summed E-state index contributed by atoms with van der Waals surface area (Å²) < 4.78 is 14.0. The lowest BCUT2D eigenvalue weighted by Crippen LogP contribution is -2.47. The molecular formula is C23H26FN5. The van der Waals surface area contributed by atoms with Crippen LogP contribution in [0.1, 0.15) is 12.0 Å². The van der Waals surface area contributed by atoms with E-state index in [2.05, 4.69) is 49.4 Å². The SMILES string of the molecule is Fc1ccccc1N1CCN(c2cc(NCCCc3ccccc3)ncn2)CC1. The van der Waals surface area contributed by atoms with E-state index in [1.807, 2.05) is 24.3 Å². The first-order valence-electron chi connectivity index (χ1n) is 10.1. The zero-order chi connectivity index (χ0) is 19.9. The van der Waals surface area contributed by atoms with Crippen LogP contribution in [-0.2, 0) is 6.42 Å². The molecule has 0 saturated carbocycles. The topological polar surface area (TPSA) is 44.3 Å². The van der Waals surface area contributed by atoms with Crippen LogP contribution < -0.4 is 15.1 Å². The number of nitrogens with one attached hydrogen (secondary N) is 1. The van der Waals surface area contributed by atoms with Gasteiger partial charge >= 0.3 is 0 Å². The number of piperazine rings is 1. The Kier molecular flexibility index (Phi) is 6.19. The lowest BCUT2D eigenvalue weighted by molar-refractivity contribution is 0.596. The van der Waals surface area contributed by atoms with Gasteiger partial charge in [-0.3, -0.25) is 0 Å². The van der Waals surface area contributed by atoms with Crippen molar-refractivity contribution in [2.75, 3.05) is 47.8 Å². The molecule has 0 spiro atoms. The molecule has 1 N–H and O–H groups in total. The van der Waals surface area contributed by atoms with Crippen LogP contribution in [-0.4, -0.2) is 42.7 Å². The number of benzene rings is 2. The molecule has 2 aromatic carbocycles. The molecule has 0 unspecified atom stereocenters. The fraction of sp³-hybridized carbons (Fsp3) is 0.304. The Labute approximate surface area is 171 Å². The highest BCUT2D eigenvalue weighted by Gasteiger charge is 2.20. The Bertz CT molecular complexity index is 910. The molecule has 1 saturated heterocycles. The maximum absolute atomic E-state index is 14.0. The normalized spacial score (nSPS) is 14.1. The van der Waals surface area contributed by atoms with Gasteiger partial charge in [-0.2, -0.15) is 0 Å². The van der Waals surface area contributed by atoms with Crippen molar-refractivity contribution >= 4 is 17.3 Å². The highest BCUT2D eigenvalue weighted by molar-refractivity contribution is 5.52. The summed E-state index contributed by atoms with van der Waals surface area (Å²) in [5, 5.41) is 3.40. The van der Waals surface area contributed by atoms with Crippen LogP contribution in [0.4, 0.5) is 21.7 Å². The van der Waals surface area contributed by atoms with Crippen molar-refractivity contribution in [3.8, 4) is 0 Å². The Morgan fingerprint density at radius 3 is 2.38 bits per heavy atom. The van der Waals surface area contributed by atoms with Crippen molar-refractivity contribution in [2.45, 2.75) is 12.8 Å². The van der Waals surface area contributed by atoms with E-state index in [-0.39, 0.29) is 5.82 Å². The molecule has 0 aliphatic carbocycles. The number of aryl methyl sites for hydroxylation is 1. The molecule has 0 bridgehead atoms. The molecule has 0 radical (unpaired) electrons. The summed E-state index contributed by atoms with van der Waals surface area (Å²) in [6.07, 6.45) is 3.70. The molecule has 6 heteroatoms. The predicted molar refractivity (Wildman–Crippen MR) is 116 cm³/mol. The number of anilines is 3. The van der Waals surface area contributed by atoms with E-state index in [0.717, 1.165) is 57.2 Å². The van der Waals surface area contributed by atoms with Crippen molar-refractivity contribution < 1.29 is 4.39 Å². The Morgan fingerprint density at radius 1 is 0.862 bits per heavy atom. The fourth-order valence-corrected chi connectivity index (χ4v) is 3.65. The van der Waals surface area contributed by atoms with Gasteiger partial charge in [0.15, 0.2) is 0 Å². The third-order valence-electron chi connectivity index (χ3n) is 5.24. The number of aromatic nitrogens is 2. The third kappa shape index (κ3) is 5.02. The molecule has 1 aliphatic heterocycles. The van der Waals surface area contributed by atoms with Crippen LogP contribution in [0.5, 0.6) is 0 Å². The molecule has 0 amide bonds. The van der Waals surface area contributed by atoms with Crippen LogP contribution in [0, 0.1) is 5.82 Å². The molecule has 2 heterocycles. The highest BCUT2D eigenvalue weighted by Crippen LogP contribution is 2.22. The largest absolute Gasteiger partial charge is 0.370 e. The monoisotopic (exact) mass is 391 g/mol. The second-order valence-corrected chi connectivity index (χ2v) is 7.20. The first-order chi connectivity index (χ1) is 14.3. The summed E-state index contributed by atoms with van der Waals surface area (Å²) >= 11 is 0. The number of halogens is 1. The van der Waals surface area contributed by atoms with Gasteiger partial charge in [0.05, 0.1) is 5.69 Å². The van der Waals surface area contributed by atoms with E-state index in [1.165, 1.54) is 11.6 Å². The van der Waals surface area contributed by atoms with E-state index >= 15 is 0 Å². The van der Waals surface area contributed by atoms with Crippen molar-refractivity contribution in [3.05, 3.63) is 78.4 Å². The van der Waals surface area contributed by atoms with Gasteiger partial charge in [0, 0.05) is 38.8 Å². The van der Waals surface area contributed by atoms with Gasteiger partial charge in [-0.1, -0.05) is 42.5 Å². The zero-order valence-corrected chi connectivity index (χ0v) is 16.5. The van der Waals surface area contributed by atoms with Crippen LogP contribution in [0.3, 0.4) is 0 Å². The van der Waals surface area contributed by atoms with Crippen molar-refractivity contribution in [1.29, 1.82) is 0 Å². The predicted octanol–water partition coefficient (Wildman–Crippen LogP) is 3.99. The summed E-state index contributed by atoms with van der Waals surface area (Å²) in [5.41, 5.74) is 2.03. The minimum Gasteiger partial charge on any atom is -0.370 e. The van der Waals surface area contributed by atoms with E-state index in [0.29, 0.717) is 5.69 Å². The third-order valence-corrected chi connectivity index (χ3v) is 5.24. The Balaban J connectivity index is 1.28. The molecule has 4 rings (SSSR count). The lowest BCUT2D eigenvalue weighted by Gasteiger charge is -2.36. The summed E-state index contributed by atoms with van der Waals surface area (Å²) in [4.78, 5) is 13.1. The van der Waals surface area contributed by atoms with Gasteiger partial charge in [-0.15, -0.1) is 0 Å². The van der Waals surface area contributed by atoms with Gasteiger partial charge in [-0.05, 0) is 30.5 Å². The zero-order valence-electron chi connectivity index (χ0n) is 16.5. The summed E-state index contributed by atoms with van der Waals surface area (Å²) in [6.45, 7) is 4.01. The van der Waals surface area contributed by atoms with E-state index < -0.39 is 0 Å². The first-order valence-corrected chi connectivity index (χ1v) is 10.1. The first kappa shape index (κ1) is 19.2. The fourth-order valence-electron chi connectivity index (χ4n) is 3.65. The van der Waals surface area contributed by atoms with E-state index in [4.69, 9.17) is 0 Å². The maximum atomic E-state index is 14.0. The Hall–Kier alpha value is -3.15. The second-order valence-electron chi connectivity index (χ2n) is 7.20. The average molecular weight is 391 g/mol. The quantitative estimate of drug-likeness (QED) is 0.617. The summed E-state index contributed by atoms with van der Waals surface area (Å²) in [6, 6.07) is 19.5. The number of para-hydroxylation sites is 1. The van der Waals surface area contributed by atoms with Gasteiger partial charge in [0.1, 0.15) is 23.8 Å². The number of rotatable bonds is 7. The van der Waals surface area contributed by atoms with Gasteiger partial charge in [0.2, 0.25) is 0 Å². The number of hydrogen-bond donors (Lipinski definition) is 1. The molecule has 3 aromatic rings. The highest BCUT2D eigenvalue weighted by atomic mass is 19.1. The average Bonchev–Trinajstić information content (AvgIpc) is 2.78. The van der Waals surface area contributed by atoms with Crippen LogP contribution in [0.25, 0.3) is 0 Å². The molecule has 1 aliphatic rings.